The van der Waals surface area contributed by atoms with E-state index in [1.165, 1.54) is 57.6 Å². The summed E-state index contributed by atoms with van der Waals surface area (Å²) in [5.41, 5.74) is 8.60. The topological polar surface area (TPSA) is 0 Å². The van der Waals surface area contributed by atoms with E-state index in [1.54, 1.807) is 0 Å². The van der Waals surface area contributed by atoms with Crippen LogP contribution >= 0.6 is 0 Å². The molecule has 3 aromatic rings. The molecule has 172 valence electrons. The minimum atomic E-state index is 0. The Morgan fingerprint density at radius 1 is 0.879 bits per heavy atom. The second-order valence-corrected chi connectivity index (χ2v) is 8.86. The van der Waals surface area contributed by atoms with Gasteiger partial charge in [0.25, 0.3) is 0 Å². The van der Waals surface area contributed by atoms with Crippen LogP contribution in [-0.2, 0) is 30.7 Å². The molecule has 1 atom stereocenters. The van der Waals surface area contributed by atoms with Crippen molar-refractivity contribution in [1.82, 2.24) is 0 Å². The van der Waals surface area contributed by atoms with E-state index in [-0.39, 0.29) is 7.43 Å². The summed E-state index contributed by atoms with van der Waals surface area (Å²) in [5.74, 6) is 0.518. The van der Waals surface area contributed by atoms with Crippen LogP contribution in [0.2, 0.25) is 0 Å². The van der Waals surface area contributed by atoms with Gasteiger partial charge in [-0.05, 0) is 6.42 Å². The summed E-state index contributed by atoms with van der Waals surface area (Å²) in [4.78, 5) is 0. The summed E-state index contributed by atoms with van der Waals surface area (Å²) in [6.07, 6.45) is 6.76. The molecule has 0 radical (unpaired) electrons. The van der Waals surface area contributed by atoms with Crippen molar-refractivity contribution in [3.8, 4) is 11.1 Å². The number of allylic oxidation sites excluding steroid dienone is 4. The number of benzene rings is 3. The zero-order chi connectivity index (χ0) is 23.6. The number of fused-ring (bicyclic) bond motifs is 3. The van der Waals surface area contributed by atoms with Crippen LogP contribution in [0.5, 0.6) is 0 Å². The Hall–Kier alpha value is -2.11. The molecule has 33 heavy (non-hydrogen) atoms. The van der Waals surface area contributed by atoms with Gasteiger partial charge >= 0.3 is 28.4 Å². The minimum absolute atomic E-state index is 0. The van der Waals surface area contributed by atoms with Crippen molar-refractivity contribution in [3.05, 3.63) is 127 Å². The summed E-state index contributed by atoms with van der Waals surface area (Å²) < 4.78 is 3.34. The second-order valence-electron chi connectivity index (χ2n) is 8.86. The number of rotatable bonds is 0. The Bertz CT molecular complexity index is 965. The standard InChI is InChI=1S/C13H9.C11H17.C6H5.CH3.CH2.Zr/c1-3-7-12-10(5-1)9-11-6-2-4-8-13(11)12;1-8-6-9(2)10(7-8)11(3,4)5;1-2-4-6-5-3-1;;;/h1-5,7-8H,9H2;7-8H,1-5H3;1-5H;1H3;1H2;/q4*-1;;. The molecule has 3 aromatic carbocycles. The molecule has 0 fully saturated rings. The first-order valence-electron chi connectivity index (χ1n) is 11.0. The minimum Gasteiger partial charge on any atom is -0.358 e. The largest absolute Gasteiger partial charge is 0.358 e. The Morgan fingerprint density at radius 3 is 2.00 bits per heavy atom. The predicted molar refractivity (Wildman–Crippen MR) is 141 cm³/mol. The van der Waals surface area contributed by atoms with Crippen molar-refractivity contribution in [1.29, 1.82) is 0 Å². The van der Waals surface area contributed by atoms with E-state index in [2.05, 4.69) is 99.5 Å². The number of hydrogen-bond donors (Lipinski definition) is 0. The summed E-state index contributed by atoms with van der Waals surface area (Å²) in [7, 11) is 0. The molecule has 0 heterocycles. The quantitative estimate of drug-likeness (QED) is 0.208. The van der Waals surface area contributed by atoms with Gasteiger partial charge in [-0.3, -0.25) is 6.08 Å². The van der Waals surface area contributed by atoms with Crippen LogP contribution in [0.4, 0.5) is 0 Å². The molecule has 0 saturated carbocycles. The predicted octanol–water partition coefficient (Wildman–Crippen LogP) is 8.32. The first-order chi connectivity index (χ1) is 15.4. The number of hydrogen-bond acceptors (Lipinski definition) is 0. The van der Waals surface area contributed by atoms with E-state index < -0.39 is 0 Å². The molecule has 0 amide bonds. The summed E-state index contributed by atoms with van der Waals surface area (Å²) >= 11 is 1.30. The van der Waals surface area contributed by atoms with Gasteiger partial charge in [0.05, 0.1) is 0 Å². The Morgan fingerprint density at radius 2 is 1.52 bits per heavy atom. The van der Waals surface area contributed by atoms with Gasteiger partial charge in [-0.1, -0.05) is 81.3 Å². The third-order valence-electron chi connectivity index (χ3n) is 5.30. The summed E-state index contributed by atoms with van der Waals surface area (Å²) in [6, 6.07) is 30.6. The van der Waals surface area contributed by atoms with E-state index in [0.29, 0.717) is 11.3 Å². The maximum absolute atomic E-state index is 3.40. The molecule has 1 unspecified atom stereocenters. The van der Waals surface area contributed by atoms with Crippen molar-refractivity contribution in [2.24, 2.45) is 11.3 Å². The van der Waals surface area contributed by atoms with E-state index in [1.807, 2.05) is 36.4 Å². The molecule has 2 aliphatic carbocycles. The average molecular weight is 512 g/mol. The van der Waals surface area contributed by atoms with Crippen LogP contribution < -0.4 is 0 Å². The molecule has 0 N–H and O–H groups in total. The van der Waals surface area contributed by atoms with Crippen LogP contribution in [0.15, 0.2) is 90.0 Å². The van der Waals surface area contributed by atoms with Gasteiger partial charge in [-0.15, -0.1) is 5.56 Å². The Labute approximate surface area is 217 Å². The van der Waals surface area contributed by atoms with Crippen LogP contribution in [-0.4, -0.2) is 4.21 Å². The van der Waals surface area contributed by atoms with Gasteiger partial charge in [0.1, 0.15) is 0 Å². The van der Waals surface area contributed by atoms with Gasteiger partial charge in [-0.2, -0.15) is 77.9 Å². The normalized spacial score (nSPS) is 14.7. The second kappa shape index (κ2) is 14.2. The van der Waals surface area contributed by atoms with E-state index in [4.69, 9.17) is 0 Å². The van der Waals surface area contributed by atoms with Crippen molar-refractivity contribution in [2.75, 3.05) is 0 Å². The summed E-state index contributed by atoms with van der Waals surface area (Å²) in [6.45, 7) is 11.1. The van der Waals surface area contributed by atoms with E-state index >= 15 is 0 Å². The first-order valence-corrected chi connectivity index (χ1v) is 12.8. The maximum Gasteiger partial charge on any atom is -0.0253 e. The fourth-order valence-electron chi connectivity index (χ4n) is 3.99. The molecule has 2 aliphatic rings. The monoisotopic (exact) mass is 510 g/mol. The third kappa shape index (κ3) is 8.64. The van der Waals surface area contributed by atoms with Gasteiger partial charge in [0.15, 0.2) is 0 Å². The molecule has 0 nitrogen and oxygen atoms in total. The molecular formula is C32H36Zr-4. The molecule has 0 aromatic heterocycles. The Kier molecular flexibility index (Phi) is 12.5. The average Bonchev–Trinajstić information content (AvgIpc) is 3.36. The first kappa shape index (κ1) is 28.9. The third-order valence-corrected chi connectivity index (χ3v) is 5.30. The van der Waals surface area contributed by atoms with Crippen molar-refractivity contribution >= 4 is 4.21 Å². The zero-order valence-corrected chi connectivity index (χ0v) is 23.5. The Balaban J connectivity index is 0.000000248. The SMILES string of the molecule is CC1=[C-]C(C)C=C1C(C)(C)C.[CH2]=[Zr].[CH3-].[c-]1cccc2c1Cc1ccccc1-2.[c-]1ccccc1. The van der Waals surface area contributed by atoms with Crippen LogP contribution in [0.1, 0.15) is 45.7 Å². The smallest absolute Gasteiger partial charge is 0.0253 e. The van der Waals surface area contributed by atoms with Gasteiger partial charge < -0.3 is 7.43 Å². The molecule has 0 spiro atoms. The van der Waals surface area contributed by atoms with Crippen molar-refractivity contribution < 1.29 is 24.2 Å². The summed E-state index contributed by atoms with van der Waals surface area (Å²) in [5, 5.41) is 0. The van der Waals surface area contributed by atoms with E-state index in [0.717, 1.165) is 6.42 Å². The fourth-order valence-corrected chi connectivity index (χ4v) is 3.99. The molecule has 1 heteroatoms. The fraction of sp³-hybridized carbons (Fsp3) is 0.250. The van der Waals surface area contributed by atoms with Crippen LogP contribution in [0.3, 0.4) is 0 Å². The van der Waals surface area contributed by atoms with Gasteiger partial charge in [0, 0.05) is 0 Å². The maximum atomic E-state index is 3.40. The molecule has 5 rings (SSSR count). The zero-order valence-electron chi connectivity index (χ0n) is 21.0. The van der Waals surface area contributed by atoms with E-state index in [9.17, 15) is 0 Å². The van der Waals surface area contributed by atoms with Gasteiger partial charge in [0.2, 0.25) is 0 Å². The van der Waals surface area contributed by atoms with Gasteiger partial charge in [-0.25, -0.2) is 5.57 Å². The molecular weight excluding hydrogens is 476 g/mol. The van der Waals surface area contributed by atoms with Crippen LogP contribution in [0.25, 0.3) is 11.1 Å². The molecule has 0 aliphatic heterocycles. The van der Waals surface area contributed by atoms with Crippen molar-refractivity contribution in [2.45, 2.75) is 41.0 Å². The van der Waals surface area contributed by atoms with Crippen molar-refractivity contribution in [3.63, 3.8) is 0 Å². The molecule has 0 saturated heterocycles. The molecule has 0 bridgehead atoms. The van der Waals surface area contributed by atoms with Crippen LogP contribution in [0, 0.1) is 37.0 Å².